The van der Waals surface area contributed by atoms with Crippen molar-refractivity contribution in [3.05, 3.63) is 29.8 Å². The van der Waals surface area contributed by atoms with Gasteiger partial charge in [-0.25, -0.2) is 8.42 Å². The van der Waals surface area contributed by atoms with Gasteiger partial charge in [0.2, 0.25) is 10.0 Å². The molecule has 1 fully saturated rings. The molecule has 0 radical (unpaired) electrons. The van der Waals surface area contributed by atoms with Crippen LogP contribution in [-0.4, -0.2) is 56.0 Å². The van der Waals surface area contributed by atoms with Crippen LogP contribution in [0.4, 0.5) is 0 Å². The molecular formula is C14H22N2O3S. The highest BCUT2D eigenvalue weighted by molar-refractivity contribution is 7.89. The van der Waals surface area contributed by atoms with Crippen molar-refractivity contribution in [1.82, 2.24) is 9.21 Å². The van der Waals surface area contributed by atoms with Gasteiger partial charge in [-0.3, -0.25) is 0 Å². The van der Waals surface area contributed by atoms with Crippen LogP contribution in [0.5, 0.6) is 0 Å². The van der Waals surface area contributed by atoms with Crippen LogP contribution in [0, 0.1) is 0 Å². The van der Waals surface area contributed by atoms with Gasteiger partial charge in [-0.15, -0.1) is 0 Å². The lowest BCUT2D eigenvalue weighted by atomic mass is 10.2. The van der Waals surface area contributed by atoms with Crippen LogP contribution in [0.15, 0.2) is 29.2 Å². The molecule has 5 nitrogen and oxygen atoms in total. The average molecular weight is 298 g/mol. The van der Waals surface area contributed by atoms with Gasteiger partial charge < -0.3 is 10.0 Å². The summed E-state index contributed by atoms with van der Waals surface area (Å²) in [5.74, 6) is 0. The summed E-state index contributed by atoms with van der Waals surface area (Å²) in [7, 11) is -1.86. The Bertz CT molecular complexity index is 539. The van der Waals surface area contributed by atoms with Crippen LogP contribution in [0.2, 0.25) is 0 Å². The molecule has 1 saturated heterocycles. The Morgan fingerprint density at radius 1 is 1.30 bits per heavy atom. The lowest BCUT2D eigenvalue weighted by Crippen LogP contribution is -2.35. The van der Waals surface area contributed by atoms with E-state index < -0.39 is 10.0 Å². The van der Waals surface area contributed by atoms with E-state index in [1.165, 1.54) is 23.2 Å². The Morgan fingerprint density at radius 3 is 2.65 bits per heavy atom. The first-order valence-corrected chi connectivity index (χ1v) is 8.36. The van der Waals surface area contributed by atoms with E-state index in [0.717, 1.165) is 19.6 Å². The van der Waals surface area contributed by atoms with Crippen LogP contribution in [0.25, 0.3) is 0 Å². The van der Waals surface area contributed by atoms with Gasteiger partial charge in [0.15, 0.2) is 0 Å². The van der Waals surface area contributed by atoms with Crippen LogP contribution < -0.4 is 0 Å². The third kappa shape index (κ3) is 3.58. The van der Waals surface area contributed by atoms with E-state index in [-0.39, 0.29) is 11.5 Å². The summed E-state index contributed by atoms with van der Waals surface area (Å²) >= 11 is 0. The predicted molar refractivity (Wildman–Crippen MR) is 77.9 cm³/mol. The largest absolute Gasteiger partial charge is 0.392 e. The van der Waals surface area contributed by atoms with Gasteiger partial charge in [0.25, 0.3) is 0 Å². The molecule has 0 amide bonds. The number of likely N-dealkylation sites (tertiary alicyclic amines) is 1. The summed E-state index contributed by atoms with van der Waals surface area (Å²) < 4.78 is 26.3. The number of aliphatic hydroxyl groups is 1. The number of sulfonamides is 1. The summed E-state index contributed by atoms with van der Waals surface area (Å²) in [4.78, 5) is 2.53. The normalized spacial score (nSPS) is 16.9. The summed E-state index contributed by atoms with van der Waals surface area (Å²) in [6, 6.07) is 6.47. The molecule has 0 aliphatic carbocycles. The minimum absolute atomic E-state index is 0.152. The Kier molecular flexibility index (Phi) is 5.15. The fourth-order valence-electron chi connectivity index (χ4n) is 2.39. The molecule has 1 aromatic rings. The minimum atomic E-state index is -3.47. The third-order valence-corrected chi connectivity index (χ3v) is 5.57. The second kappa shape index (κ2) is 6.67. The molecule has 0 saturated carbocycles. The quantitative estimate of drug-likeness (QED) is 0.847. The molecule has 20 heavy (non-hydrogen) atoms. The maximum Gasteiger partial charge on any atom is 0.242 e. The van der Waals surface area contributed by atoms with Gasteiger partial charge in [0.1, 0.15) is 0 Å². The van der Waals surface area contributed by atoms with Crippen molar-refractivity contribution < 1.29 is 13.5 Å². The van der Waals surface area contributed by atoms with Crippen molar-refractivity contribution in [1.29, 1.82) is 0 Å². The fourth-order valence-corrected chi connectivity index (χ4v) is 3.63. The molecule has 112 valence electrons. The molecule has 0 spiro atoms. The first-order valence-electron chi connectivity index (χ1n) is 6.92. The number of likely N-dealkylation sites (N-methyl/N-ethyl adjacent to an activating group) is 1. The molecule has 0 aromatic heterocycles. The van der Waals surface area contributed by atoms with Crippen molar-refractivity contribution in [2.24, 2.45) is 0 Å². The number of benzene rings is 1. The van der Waals surface area contributed by atoms with E-state index >= 15 is 0 Å². The average Bonchev–Trinajstić information content (AvgIpc) is 2.98. The Labute approximate surface area is 120 Å². The molecule has 1 aromatic carbocycles. The molecule has 1 aliphatic rings. The van der Waals surface area contributed by atoms with E-state index in [1.54, 1.807) is 25.2 Å². The topological polar surface area (TPSA) is 60.9 Å². The van der Waals surface area contributed by atoms with E-state index in [1.807, 2.05) is 0 Å². The van der Waals surface area contributed by atoms with Crippen LogP contribution in [0.3, 0.4) is 0 Å². The highest BCUT2D eigenvalue weighted by Crippen LogP contribution is 2.16. The summed E-state index contributed by atoms with van der Waals surface area (Å²) in [6.45, 7) is 3.24. The zero-order valence-corrected chi connectivity index (χ0v) is 12.6. The molecule has 1 aliphatic heterocycles. The van der Waals surface area contributed by atoms with E-state index in [0.29, 0.717) is 12.1 Å². The van der Waals surface area contributed by atoms with Gasteiger partial charge in [0, 0.05) is 20.1 Å². The van der Waals surface area contributed by atoms with Gasteiger partial charge in [-0.2, -0.15) is 4.31 Å². The summed E-state index contributed by atoms with van der Waals surface area (Å²) in [6.07, 6.45) is 2.41. The number of hydrogen-bond acceptors (Lipinski definition) is 4. The monoisotopic (exact) mass is 298 g/mol. The van der Waals surface area contributed by atoms with E-state index in [9.17, 15) is 8.42 Å². The molecular weight excluding hydrogens is 276 g/mol. The first kappa shape index (κ1) is 15.4. The number of rotatable bonds is 6. The summed E-state index contributed by atoms with van der Waals surface area (Å²) in [5.41, 5.74) is 0.610. The van der Waals surface area contributed by atoms with Gasteiger partial charge in [-0.05, 0) is 43.6 Å². The Balaban J connectivity index is 2.03. The van der Waals surface area contributed by atoms with Crippen LogP contribution in [-0.2, 0) is 16.6 Å². The second-order valence-corrected chi connectivity index (χ2v) is 7.23. The predicted octanol–water partition coefficient (Wildman–Crippen LogP) is 0.895. The fraction of sp³-hybridized carbons (Fsp3) is 0.571. The maximum absolute atomic E-state index is 12.4. The van der Waals surface area contributed by atoms with Crippen molar-refractivity contribution in [3.63, 3.8) is 0 Å². The van der Waals surface area contributed by atoms with Gasteiger partial charge in [-0.1, -0.05) is 12.1 Å². The number of aliphatic hydroxyl groups excluding tert-OH is 1. The zero-order chi connectivity index (χ0) is 14.6. The molecule has 6 heteroatoms. The van der Waals surface area contributed by atoms with E-state index in [4.69, 9.17) is 5.11 Å². The number of nitrogens with zero attached hydrogens (tertiary/aromatic N) is 2. The SMILES string of the molecule is CN(CCN1CCCC1)S(=O)(=O)c1cccc(CO)c1. The van der Waals surface area contributed by atoms with Gasteiger partial charge >= 0.3 is 0 Å². The van der Waals surface area contributed by atoms with Crippen LogP contribution >= 0.6 is 0 Å². The van der Waals surface area contributed by atoms with Crippen molar-refractivity contribution in [2.75, 3.05) is 33.2 Å². The van der Waals surface area contributed by atoms with Crippen LogP contribution in [0.1, 0.15) is 18.4 Å². The maximum atomic E-state index is 12.4. The zero-order valence-electron chi connectivity index (χ0n) is 11.8. The van der Waals surface area contributed by atoms with Crippen molar-refractivity contribution in [3.8, 4) is 0 Å². The minimum Gasteiger partial charge on any atom is -0.392 e. The molecule has 0 bridgehead atoms. The molecule has 1 heterocycles. The van der Waals surface area contributed by atoms with E-state index in [2.05, 4.69) is 4.90 Å². The summed E-state index contributed by atoms with van der Waals surface area (Å²) in [5, 5.41) is 9.10. The molecule has 1 N–H and O–H groups in total. The standard InChI is InChI=1S/C14H22N2O3S/c1-15(9-10-16-7-2-3-8-16)20(18,19)14-6-4-5-13(11-14)12-17/h4-6,11,17H,2-3,7-10,12H2,1H3. The third-order valence-electron chi connectivity index (χ3n) is 3.72. The number of hydrogen-bond donors (Lipinski definition) is 1. The molecule has 2 rings (SSSR count). The van der Waals surface area contributed by atoms with Crippen molar-refractivity contribution in [2.45, 2.75) is 24.3 Å². The molecule has 0 atom stereocenters. The Morgan fingerprint density at radius 2 is 2.00 bits per heavy atom. The smallest absolute Gasteiger partial charge is 0.242 e. The van der Waals surface area contributed by atoms with Gasteiger partial charge in [0.05, 0.1) is 11.5 Å². The highest BCUT2D eigenvalue weighted by atomic mass is 32.2. The lowest BCUT2D eigenvalue weighted by Gasteiger charge is -2.21. The Hall–Kier alpha value is -0.950. The van der Waals surface area contributed by atoms with Crippen molar-refractivity contribution >= 4 is 10.0 Å². The highest BCUT2D eigenvalue weighted by Gasteiger charge is 2.22. The lowest BCUT2D eigenvalue weighted by molar-refractivity contribution is 0.281. The second-order valence-electron chi connectivity index (χ2n) is 5.18. The molecule has 0 unspecified atom stereocenters. The first-order chi connectivity index (χ1) is 9.54.